The first-order valence-electron chi connectivity index (χ1n) is 10.7. The smallest absolute Gasteiger partial charge is 0.305 e. The van der Waals surface area contributed by atoms with Gasteiger partial charge in [0.25, 0.3) is 5.91 Å². The number of carbonyl (C=O) groups is 4. The maximum atomic E-state index is 12.9. The lowest BCUT2D eigenvalue weighted by atomic mass is 9.94. The van der Waals surface area contributed by atoms with Gasteiger partial charge < -0.3 is 20.8 Å². The van der Waals surface area contributed by atoms with Gasteiger partial charge in [0.2, 0.25) is 5.91 Å². The predicted octanol–water partition coefficient (Wildman–Crippen LogP) is 2.14. The van der Waals surface area contributed by atoms with E-state index < -0.39 is 47.7 Å². The number of hydrogen-bond acceptors (Lipinski definition) is 6. The Balaban J connectivity index is 2.83. The van der Waals surface area contributed by atoms with Gasteiger partial charge in [0.05, 0.1) is 18.2 Å². The lowest BCUT2D eigenvalue weighted by Crippen LogP contribution is -2.58. The van der Waals surface area contributed by atoms with Crippen LogP contribution in [-0.4, -0.2) is 57.2 Å². The number of aliphatic carboxylic acids is 1. The minimum Gasteiger partial charge on any atom is -0.481 e. The van der Waals surface area contributed by atoms with E-state index in [0.717, 1.165) is 5.56 Å². The number of amides is 2. The number of aliphatic hydroxyl groups is 1. The van der Waals surface area contributed by atoms with E-state index in [0.29, 0.717) is 5.75 Å². The molecule has 0 radical (unpaired) electrons. The lowest BCUT2D eigenvalue weighted by molar-refractivity contribution is -0.144. The Labute approximate surface area is 193 Å². The second-order valence-electron chi connectivity index (χ2n) is 8.04. The quantitative estimate of drug-likeness (QED) is 0.330. The highest BCUT2D eigenvalue weighted by atomic mass is 32.2. The maximum Gasteiger partial charge on any atom is 0.305 e. The van der Waals surface area contributed by atoms with Gasteiger partial charge in [-0.1, -0.05) is 58.0 Å². The molecule has 178 valence electrons. The number of rotatable bonds is 14. The molecule has 0 heterocycles. The van der Waals surface area contributed by atoms with Crippen molar-refractivity contribution in [2.75, 3.05) is 5.75 Å². The molecule has 0 aliphatic heterocycles. The fourth-order valence-corrected chi connectivity index (χ4v) is 3.94. The number of thioether (sulfide) groups is 1. The highest BCUT2D eigenvalue weighted by molar-refractivity contribution is 7.99. The summed E-state index contributed by atoms with van der Waals surface area (Å²) in [7, 11) is 0. The van der Waals surface area contributed by atoms with E-state index in [9.17, 15) is 29.4 Å². The van der Waals surface area contributed by atoms with Crippen LogP contribution in [0.4, 0.5) is 0 Å². The number of nitrogens with one attached hydrogen (secondary N) is 2. The first-order valence-corrected chi connectivity index (χ1v) is 11.9. The number of ketones is 1. The molecule has 0 saturated carbocycles. The fraction of sp³-hybridized carbons (Fsp3) is 0.565. The topological polar surface area (TPSA) is 133 Å². The molecule has 1 rings (SSSR count). The summed E-state index contributed by atoms with van der Waals surface area (Å²) in [6.07, 6.45) is -0.190. The van der Waals surface area contributed by atoms with Crippen molar-refractivity contribution < 1.29 is 29.4 Å². The molecule has 8 nitrogen and oxygen atoms in total. The number of carboxylic acids is 1. The second kappa shape index (κ2) is 13.2. The third kappa shape index (κ3) is 8.63. The molecule has 0 spiro atoms. The molecule has 2 amide bonds. The van der Waals surface area contributed by atoms with E-state index in [2.05, 4.69) is 10.6 Å². The summed E-state index contributed by atoms with van der Waals surface area (Å²) in [6.45, 7) is 6.76. The van der Waals surface area contributed by atoms with Crippen LogP contribution in [0.25, 0.3) is 0 Å². The van der Waals surface area contributed by atoms with E-state index >= 15 is 0 Å². The minimum absolute atomic E-state index is 0.0389. The van der Waals surface area contributed by atoms with Crippen molar-refractivity contribution >= 4 is 35.3 Å². The van der Waals surface area contributed by atoms with Crippen molar-refractivity contribution in [1.29, 1.82) is 0 Å². The normalized spacial score (nSPS) is 13.3. The standard InChI is InChI=1S/C23H34N2O6S/c1-5-23(31,6-2)22(30)25-20(15(3)4)21(29)24-17(12-19(27)28)18(26)14-32-13-16-10-8-7-9-11-16/h7-11,15,17,20,31H,5-6,12-14H2,1-4H3,(H,24,29)(H,25,30)(H,27,28)/t17-,20-/m0/s1. The van der Waals surface area contributed by atoms with E-state index in [4.69, 9.17) is 0 Å². The zero-order valence-corrected chi connectivity index (χ0v) is 19.9. The summed E-state index contributed by atoms with van der Waals surface area (Å²) >= 11 is 1.34. The monoisotopic (exact) mass is 466 g/mol. The van der Waals surface area contributed by atoms with Gasteiger partial charge in [-0.25, -0.2) is 0 Å². The molecule has 2 atom stereocenters. The highest BCUT2D eigenvalue weighted by Crippen LogP contribution is 2.17. The van der Waals surface area contributed by atoms with Gasteiger partial charge in [-0.2, -0.15) is 0 Å². The lowest BCUT2D eigenvalue weighted by Gasteiger charge is -2.29. The van der Waals surface area contributed by atoms with Crippen LogP contribution in [0.1, 0.15) is 52.5 Å². The van der Waals surface area contributed by atoms with Crippen LogP contribution < -0.4 is 10.6 Å². The van der Waals surface area contributed by atoms with Crippen LogP contribution >= 0.6 is 11.8 Å². The van der Waals surface area contributed by atoms with Crippen LogP contribution in [-0.2, 0) is 24.9 Å². The van der Waals surface area contributed by atoms with E-state index in [1.54, 1.807) is 27.7 Å². The molecule has 0 saturated heterocycles. The summed E-state index contributed by atoms with van der Waals surface area (Å²) in [4.78, 5) is 49.3. The Morgan fingerprint density at radius 2 is 1.62 bits per heavy atom. The van der Waals surface area contributed by atoms with Gasteiger partial charge in [-0.3, -0.25) is 19.2 Å². The average Bonchev–Trinajstić information content (AvgIpc) is 2.76. The molecule has 9 heteroatoms. The number of hydrogen-bond donors (Lipinski definition) is 4. The zero-order valence-electron chi connectivity index (χ0n) is 19.1. The first kappa shape index (κ1) is 27.6. The van der Waals surface area contributed by atoms with Gasteiger partial charge in [-0.15, -0.1) is 11.8 Å². The van der Waals surface area contributed by atoms with Crippen LogP contribution in [0.3, 0.4) is 0 Å². The maximum absolute atomic E-state index is 12.9. The summed E-state index contributed by atoms with van der Waals surface area (Å²) in [6, 6.07) is 7.30. The number of carboxylic acid groups (broad SMARTS) is 1. The number of carbonyl (C=O) groups excluding carboxylic acids is 3. The Bertz CT molecular complexity index is 780. The Kier molecular flexibility index (Phi) is 11.4. The number of benzene rings is 1. The van der Waals surface area contributed by atoms with Crippen LogP contribution in [0.2, 0.25) is 0 Å². The summed E-state index contributed by atoms with van der Waals surface area (Å²) in [5.74, 6) is -2.67. The molecule has 4 N–H and O–H groups in total. The van der Waals surface area contributed by atoms with Crippen LogP contribution in [0.15, 0.2) is 30.3 Å². The minimum atomic E-state index is -1.60. The van der Waals surface area contributed by atoms with Crippen molar-refractivity contribution in [3.05, 3.63) is 35.9 Å². The zero-order chi connectivity index (χ0) is 24.3. The molecule has 0 aliphatic carbocycles. The SMILES string of the molecule is CCC(O)(CC)C(=O)N[C@H](C(=O)N[C@@H](CC(=O)O)C(=O)CSCc1ccccc1)C(C)C. The molecule has 0 aromatic heterocycles. The third-order valence-electron chi connectivity index (χ3n) is 5.27. The Morgan fingerprint density at radius 1 is 1.03 bits per heavy atom. The molecule has 1 aromatic carbocycles. The van der Waals surface area contributed by atoms with Gasteiger partial charge in [0, 0.05) is 5.75 Å². The molecule has 32 heavy (non-hydrogen) atoms. The highest BCUT2D eigenvalue weighted by Gasteiger charge is 2.36. The third-order valence-corrected chi connectivity index (χ3v) is 6.29. The van der Waals surface area contributed by atoms with Crippen LogP contribution in [0, 0.1) is 5.92 Å². The molecule has 0 fully saturated rings. The van der Waals surface area contributed by atoms with Gasteiger partial charge in [0.1, 0.15) is 11.6 Å². The van der Waals surface area contributed by atoms with Crippen molar-refractivity contribution in [1.82, 2.24) is 10.6 Å². The van der Waals surface area contributed by atoms with Crippen molar-refractivity contribution in [3.8, 4) is 0 Å². The van der Waals surface area contributed by atoms with Gasteiger partial charge in [0.15, 0.2) is 5.78 Å². The molecular formula is C23H34N2O6S. The van der Waals surface area contributed by atoms with E-state index in [-0.39, 0.29) is 24.5 Å². The molecular weight excluding hydrogens is 432 g/mol. The summed E-state index contributed by atoms with van der Waals surface area (Å²) in [5.41, 5.74) is -0.566. The molecule has 1 aromatic rings. The molecule has 0 bridgehead atoms. The van der Waals surface area contributed by atoms with Gasteiger partial charge in [-0.05, 0) is 24.3 Å². The van der Waals surface area contributed by atoms with Gasteiger partial charge >= 0.3 is 5.97 Å². The van der Waals surface area contributed by atoms with E-state index in [1.165, 1.54) is 11.8 Å². The number of Topliss-reactive ketones (excluding diaryl/α,β-unsaturated/α-hetero) is 1. The average molecular weight is 467 g/mol. The second-order valence-corrected chi connectivity index (χ2v) is 9.02. The Morgan fingerprint density at radius 3 is 2.12 bits per heavy atom. The largest absolute Gasteiger partial charge is 0.481 e. The van der Waals surface area contributed by atoms with E-state index in [1.807, 2.05) is 30.3 Å². The molecule has 0 unspecified atom stereocenters. The summed E-state index contributed by atoms with van der Waals surface area (Å²) < 4.78 is 0. The Hall–Kier alpha value is -2.39. The van der Waals surface area contributed by atoms with Crippen LogP contribution in [0.5, 0.6) is 0 Å². The fourth-order valence-electron chi connectivity index (χ4n) is 3.01. The van der Waals surface area contributed by atoms with Crippen molar-refractivity contribution in [3.63, 3.8) is 0 Å². The summed E-state index contributed by atoms with van der Waals surface area (Å²) in [5, 5.41) is 24.7. The van der Waals surface area contributed by atoms with Crippen molar-refractivity contribution in [2.24, 2.45) is 5.92 Å². The predicted molar refractivity (Wildman–Crippen MR) is 124 cm³/mol. The molecule has 0 aliphatic rings. The van der Waals surface area contributed by atoms with Crippen molar-refractivity contribution in [2.45, 2.75) is 70.4 Å². The first-order chi connectivity index (χ1) is 15.0.